The van der Waals surface area contributed by atoms with Crippen LogP contribution in [0.1, 0.15) is 5.56 Å². The van der Waals surface area contributed by atoms with Gasteiger partial charge in [-0.05, 0) is 42.0 Å². The second-order valence-electron chi connectivity index (χ2n) is 4.69. The smallest absolute Gasteiger partial charge is 0.253 e. The first-order chi connectivity index (χ1) is 9.72. The first-order valence-corrected chi connectivity index (χ1v) is 6.43. The van der Waals surface area contributed by atoms with Crippen LogP contribution in [0.4, 0.5) is 17.1 Å². The van der Waals surface area contributed by atoms with Gasteiger partial charge in [0.25, 0.3) is 5.91 Å². The molecule has 2 aromatic rings. The molecule has 0 saturated heterocycles. The van der Waals surface area contributed by atoms with E-state index in [4.69, 9.17) is 5.73 Å². The van der Waals surface area contributed by atoms with Crippen molar-refractivity contribution in [2.45, 2.75) is 0 Å². The van der Waals surface area contributed by atoms with Crippen LogP contribution in [0.25, 0.3) is 6.08 Å². The van der Waals surface area contributed by atoms with E-state index in [1.165, 1.54) is 0 Å². The minimum absolute atomic E-state index is 0. The number of nitrogens with one attached hydrogen (secondary N) is 2. The van der Waals surface area contributed by atoms with Crippen LogP contribution >= 0.6 is 12.4 Å². The predicted octanol–water partition coefficient (Wildman–Crippen LogP) is 3.14. The Bertz CT molecular complexity index is 680. The number of nitrogens with two attached hydrogens (primary N) is 1. The summed E-state index contributed by atoms with van der Waals surface area (Å²) in [5.41, 5.74) is 9.83. The quantitative estimate of drug-likeness (QED) is 0.747. The standard InChI is InChI=1S/C16H15N3O.ClH/c17-13-5-7-14(8-6-13)19-16(20)12-9-11-3-1-2-4-15(11)18-10-12;/h1-9,18H,10,17H2,(H,19,20);1H. The van der Waals surface area contributed by atoms with Crippen molar-refractivity contribution < 1.29 is 4.79 Å². The number of hydrogen-bond donors (Lipinski definition) is 3. The molecule has 1 heterocycles. The highest BCUT2D eigenvalue weighted by Crippen LogP contribution is 2.23. The highest BCUT2D eigenvalue weighted by molar-refractivity contribution is 6.08. The zero-order chi connectivity index (χ0) is 13.9. The molecule has 0 atom stereocenters. The molecule has 21 heavy (non-hydrogen) atoms. The number of nitrogen functional groups attached to an aromatic ring is 1. The van der Waals surface area contributed by atoms with Gasteiger partial charge in [0, 0.05) is 29.2 Å². The molecule has 1 aliphatic heterocycles. The first-order valence-electron chi connectivity index (χ1n) is 6.43. The molecule has 0 saturated carbocycles. The Morgan fingerprint density at radius 2 is 1.81 bits per heavy atom. The maximum absolute atomic E-state index is 12.2. The number of rotatable bonds is 2. The van der Waals surface area contributed by atoms with Crippen molar-refractivity contribution >= 4 is 41.5 Å². The van der Waals surface area contributed by atoms with Crippen LogP contribution in [0.3, 0.4) is 0 Å². The zero-order valence-electron chi connectivity index (χ0n) is 11.3. The zero-order valence-corrected chi connectivity index (χ0v) is 12.1. The van der Waals surface area contributed by atoms with Crippen LogP contribution in [0.15, 0.2) is 54.1 Å². The van der Waals surface area contributed by atoms with E-state index < -0.39 is 0 Å². The molecule has 0 bridgehead atoms. The summed E-state index contributed by atoms with van der Waals surface area (Å²) in [7, 11) is 0. The number of halogens is 1. The molecule has 0 spiro atoms. The van der Waals surface area contributed by atoms with E-state index in [2.05, 4.69) is 10.6 Å². The minimum Gasteiger partial charge on any atom is -0.399 e. The third-order valence-corrected chi connectivity index (χ3v) is 3.22. The Labute approximate surface area is 129 Å². The van der Waals surface area contributed by atoms with Crippen LogP contribution in [-0.2, 0) is 4.79 Å². The predicted molar refractivity (Wildman–Crippen MR) is 89.6 cm³/mol. The third kappa shape index (κ3) is 3.35. The van der Waals surface area contributed by atoms with Crippen molar-refractivity contribution in [3.05, 3.63) is 59.7 Å². The molecule has 0 radical (unpaired) electrons. The summed E-state index contributed by atoms with van der Waals surface area (Å²) in [5, 5.41) is 6.11. The SMILES string of the molecule is Cl.Nc1ccc(NC(=O)C2=Cc3ccccc3NC2)cc1. The number of amides is 1. The number of benzene rings is 2. The molecular formula is C16H16ClN3O. The normalized spacial score (nSPS) is 12.3. The highest BCUT2D eigenvalue weighted by atomic mass is 35.5. The van der Waals surface area contributed by atoms with E-state index >= 15 is 0 Å². The van der Waals surface area contributed by atoms with Crippen LogP contribution in [0.5, 0.6) is 0 Å². The van der Waals surface area contributed by atoms with Gasteiger partial charge in [0.05, 0.1) is 0 Å². The molecule has 1 aliphatic rings. The molecule has 4 N–H and O–H groups in total. The lowest BCUT2D eigenvalue weighted by atomic mass is 10.0. The van der Waals surface area contributed by atoms with Gasteiger partial charge in [0.1, 0.15) is 0 Å². The molecule has 5 heteroatoms. The summed E-state index contributed by atoms with van der Waals surface area (Å²) in [4.78, 5) is 12.2. The van der Waals surface area contributed by atoms with E-state index in [1.54, 1.807) is 24.3 Å². The second kappa shape index (κ2) is 6.33. The van der Waals surface area contributed by atoms with E-state index in [1.807, 2.05) is 30.3 Å². The lowest BCUT2D eigenvalue weighted by Gasteiger charge is -2.18. The molecule has 0 fully saturated rings. The summed E-state index contributed by atoms with van der Waals surface area (Å²) >= 11 is 0. The Hall–Kier alpha value is -2.46. The van der Waals surface area contributed by atoms with Gasteiger partial charge < -0.3 is 16.4 Å². The molecular weight excluding hydrogens is 286 g/mol. The number of anilines is 3. The largest absolute Gasteiger partial charge is 0.399 e. The minimum atomic E-state index is -0.100. The van der Waals surface area contributed by atoms with Gasteiger partial charge in [-0.3, -0.25) is 4.79 Å². The summed E-state index contributed by atoms with van der Waals surface area (Å²) < 4.78 is 0. The van der Waals surface area contributed by atoms with E-state index in [0.29, 0.717) is 17.8 Å². The van der Waals surface area contributed by atoms with Gasteiger partial charge in [0.15, 0.2) is 0 Å². The fourth-order valence-corrected chi connectivity index (χ4v) is 2.14. The topological polar surface area (TPSA) is 67.1 Å². The van der Waals surface area contributed by atoms with Crippen molar-refractivity contribution in [1.82, 2.24) is 0 Å². The van der Waals surface area contributed by atoms with Crippen molar-refractivity contribution in [1.29, 1.82) is 0 Å². The second-order valence-corrected chi connectivity index (χ2v) is 4.69. The van der Waals surface area contributed by atoms with Gasteiger partial charge in [-0.2, -0.15) is 0 Å². The Kier molecular flexibility index (Phi) is 4.50. The average molecular weight is 302 g/mol. The number of fused-ring (bicyclic) bond motifs is 1. The fraction of sp³-hybridized carbons (Fsp3) is 0.0625. The Morgan fingerprint density at radius 1 is 1.10 bits per heavy atom. The van der Waals surface area contributed by atoms with Crippen LogP contribution in [0.2, 0.25) is 0 Å². The summed E-state index contributed by atoms with van der Waals surface area (Å²) in [5.74, 6) is -0.100. The van der Waals surface area contributed by atoms with Gasteiger partial charge in [-0.1, -0.05) is 18.2 Å². The molecule has 108 valence electrons. The summed E-state index contributed by atoms with van der Waals surface area (Å²) in [6.07, 6.45) is 1.92. The Balaban J connectivity index is 0.00000161. The van der Waals surface area contributed by atoms with Crippen LogP contribution in [-0.4, -0.2) is 12.5 Å². The molecule has 3 rings (SSSR count). The van der Waals surface area contributed by atoms with Gasteiger partial charge in [0.2, 0.25) is 0 Å². The lowest BCUT2D eigenvalue weighted by Crippen LogP contribution is -2.22. The number of carbonyl (C=O) groups excluding carboxylic acids is 1. The van der Waals surface area contributed by atoms with Crippen LogP contribution < -0.4 is 16.4 Å². The van der Waals surface area contributed by atoms with E-state index in [0.717, 1.165) is 16.9 Å². The van der Waals surface area contributed by atoms with Gasteiger partial charge in [-0.25, -0.2) is 0 Å². The van der Waals surface area contributed by atoms with Crippen LogP contribution in [0, 0.1) is 0 Å². The average Bonchev–Trinajstić information content (AvgIpc) is 2.49. The molecule has 2 aromatic carbocycles. The number of hydrogen-bond acceptors (Lipinski definition) is 3. The molecule has 0 unspecified atom stereocenters. The highest BCUT2D eigenvalue weighted by Gasteiger charge is 2.15. The lowest BCUT2D eigenvalue weighted by molar-refractivity contribution is -0.112. The van der Waals surface area contributed by atoms with Crippen molar-refractivity contribution in [3.8, 4) is 0 Å². The molecule has 0 aromatic heterocycles. The van der Waals surface area contributed by atoms with E-state index in [9.17, 15) is 4.79 Å². The number of para-hydroxylation sites is 1. The van der Waals surface area contributed by atoms with Crippen molar-refractivity contribution in [2.75, 3.05) is 22.9 Å². The Morgan fingerprint density at radius 3 is 2.57 bits per heavy atom. The van der Waals surface area contributed by atoms with Crippen molar-refractivity contribution in [2.24, 2.45) is 0 Å². The van der Waals surface area contributed by atoms with Gasteiger partial charge >= 0.3 is 0 Å². The third-order valence-electron chi connectivity index (χ3n) is 3.22. The molecule has 4 nitrogen and oxygen atoms in total. The maximum Gasteiger partial charge on any atom is 0.253 e. The van der Waals surface area contributed by atoms with Gasteiger partial charge in [-0.15, -0.1) is 12.4 Å². The molecule has 0 aliphatic carbocycles. The monoisotopic (exact) mass is 301 g/mol. The number of carbonyl (C=O) groups is 1. The van der Waals surface area contributed by atoms with E-state index in [-0.39, 0.29) is 18.3 Å². The van der Waals surface area contributed by atoms with Crippen molar-refractivity contribution in [3.63, 3.8) is 0 Å². The fourth-order valence-electron chi connectivity index (χ4n) is 2.14. The molecule has 1 amide bonds. The maximum atomic E-state index is 12.2. The first kappa shape index (κ1) is 14.9. The summed E-state index contributed by atoms with van der Waals surface area (Å²) in [6, 6.07) is 15.0. The summed E-state index contributed by atoms with van der Waals surface area (Å²) in [6.45, 7) is 0.526.